The Morgan fingerprint density at radius 1 is 1.50 bits per heavy atom. The molecule has 0 spiro atoms. The summed E-state index contributed by atoms with van der Waals surface area (Å²) >= 11 is 5.44. The Labute approximate surface area is 92.9 Å². The van der Waals surface area contributed by atoms with Gasteiger partial charge in [-0.2, -0.15) is 0 Å². The number of carbonyl (C=O) groups excluding carboxylic acids is 1. The maximum Gasteiger partial charge on any atom is 0.574 e. The Hall–Kier alpha value is -1.50. The van der Waals surface area contributed by atoms with E-state index in [9.17, 15) is 18.0 Å². The van der Waals surface area contributed by atoms with Crippen LogP contribution in [-0.2, 0) is 4.74 Å². The maximum atomic E-state index is 11.8. The molecule has 16 heavy (non-hydrogen) atoms. The lowest BCUT2D eigenvalue weighted by molar-refractivity contribution is -0.276. The summed E-state index contributed by atoms with van der Waals surface area (Å²) in [6, 6.07) is 0.974. The molecule has 0 radical (unpaired) electrons. The van der Waals surface area contributed by atoms with E-state index in [0.29, 0.717) is 0 Å². The summed E-state index contributed by atoms with van der Waals surface area (Å²) in [5, 5.41) is -0.430. The van der Waals surface area contributed by atoms with Gasteiger partial charge >= 0.3 is 12.3 Å². The van der Waals surface area contributed by atoms with Crippen LogP contribution < -0.4 is 4.74 Å². The Morgan fingerprint density at radius 2 is 2.12 bits per heavy atom. The second-order valence-electron chi connectivity index (χ2n) is 2.55. The Balaban J connectivity index is 2.96. The molecule has 1 aromatic rings. The second kappa shape index (κ2) is 4.56. The van der Waals surface area contributed by atoms with Crippen molar-refractivity contribution >= 4 is 17.6 Å². The first-order valence-electron chi connectivity index (χ1n) is 3.83. The highest BCUT2D eigenvalue weighted by molar-refractivity contribution is 6.32. The van der Waals surface area contributed by atoms with Gasteiger partial charge in [0.2, 0.25) is 5.88 Å². The number of rotatable bonds is 2. The van der Waals surface area contributed by atoms with Gasteiger partial charge in [0.05, 0.1) is 12.7 Å². The SMILES string of the molecule is COC(=O)c1cnc(OC(F)(F)F)c(Cl)c1. The molecule has 0 saturated carbocycles. The fraction of sp³-hybridized carbons (Fsp3) is 0.250. The fourth-order valence-corrected chi connectivity index (χ4v) is 1.04. The molecule has 0 bridgehead atoms. The number of hydrogen-bond acceptors (Lipinski definition) is 4. The molecular formula is C8H5ClF3NO3. The smallest absolute Gasteiger partial charge is 0.465 e. The topological polar surface area (TPSA) is 48.4 Å². The van der Waals surface area contributed by atoms with Crippen molar-refractivity contribution in [1.82, 2.24) is 4.98 Å². The van der Waals surface area contributed by atoms with E-state index in [4.69, 9.17) is 11.6 Å². The lowest BCUT2D eigenvalue weighted by Crippen LogP contribution is -2.18. The van der Waals surface area contributed by atoms with Crippen LogP contribution in [0.2, 0.25) is 5.02 Å². The molecule has 1 heterocycles. The number of pyridine rings is 1. The number of esters is 1. The van der Waals surface area contributed by atoms with Gasteiger partial charge in [-0.05, 0) is 6.07 Å². The molecule has 0 atom stereocenters. The highest BCUT2D eigenvalue weighted by Gasteiger charge is 2.33. The number of hydrogen-bond donors (Lipinski definition) is 0. The Morgan fingerprint density at radius 3 is 2.56 bits per heavy atom. The Bertz CT molecular complexity index is 408. The minimum atomic E-state index is -4.89. The predicted octanol–water partition coefficient (Wildman–Crippen LogP) is 2.42. The number of methoxy groups -OCH3 is 1. The number of ether oxygens (including phenoxy) is 2. The molecule has 8 heteroatoms. The average Bonchev–Trinajstić information content (AvgIpc) is 2.18. The van der Waals surface area contributed by atoms with E-state index in [1.807, 2.05) is 0 Å². The van der Waals surface area contributed by atoms with Gasteiger partial charge < -0.3 is 9.47 Å². The average molecular weight is 256 g/mol. The molecule has 0 fully saturated rings. The van der Waals surface area contributed by atoms with Crippen molar-refractivity contribution in [3.63, 3.8) is 0 Å². The lowest BCUT2D eigenvalue weighted by atomic mass is 10.3. The van der Waals surface area contributed by atoms with Gasteiger partial charge in [-0.15, -0.1) is 13.2 Å². The predicted molar refractivity (Wildman–Crippen MR) is 47.3 cm³/mol. The van der Waals surface area contributed by atoms with Gasteiger partial charge in [-0.3, -0.25) is 0 Å². The van der Waals surface area contributed by atoms with Crippen LogP contribution in [0.1, 0.15) is 10.4 Å². The van der Waals surface area contributed by atoms with Crippen LogP contribution in [0.25, 0.3) is 0 Å². The summed E-state index contributed by atoms with van der Waals surface area (Å²) in [5.74, 6) is -1.57. The summed E-state index contributed by atoms with van der Waals surface area (Å²) in [4.78, 5) is 14.2. The van der Waals surface area contributed by atoms with Crippen LogP contribution in [0.15, 0.2) is 12.3 Å². The van der Waals surface area contributed by atoms with Crippen LogP contribution in [0.4, 0.5) is 13.2 Å². The zero-order valence-electron chi connectivity index (χ0n) is 7.84. The second-order valence-corrected chi connectivity index (χ2v) is 2.96. The highest BCUT2D eigenvalue weighted by Crippen LogP contribution is 2.28. The molecule has 1 rings (SSSR count). The first kappa shape index (κ1) is 12.6. The molecule has 0 aliphatic heterocycles. The number of alkyl halides is 3. The van der Waals surface area contributed by atoms with E-state index >= 15 is 0 Å². The lowest BCUT2D eigenvalue weighted by Gasteiger charge is -2.09. The third kappa shape index (κ3) is 3.27. The van der Waals surface area contributed by atoms with Gasteiger partial charge in [0.15, 0.2) is 0 Å². The van der Waals surface area contributed by atoms with Crippen molar-refractivity contribution in [3.05, 3.63) is 22.8 Å². The quantitative estimate of drug-likeness (QED) is 0.762. The van der Waals surface area contributed by atoms with Gasteiger partial charge in [-0.1, -0.05) is 11.6 Å². The van der Waals surface area contributed by atoms with Crippen molar-refractivity contribution in [2.24, 2.45) is 0 Å². The normalized spacial score (nSPS) is 11.1. The van der Waals surface area contributed by atoms with Gasteiger partial charge in [0, 0.05) is 6.20 Å². The highest BCUT2D eigenvalue weighted by atomic mass is 35.5. The maximum absolute atomic E-state index is 11.8. The van der Waals surface area contributed by atoms with Gasteiger partial charge in [0.25, 0.3) is 0 Å². The summed E-state index contributed by atoms with van der Waals surface area (Å²) < 4.78 is 43.3. The van der Waals surface area contributed by atoms with E-state index in [1.54, 1.807) is 0 Å². The van der Waals surface area contributed by atoms with Crippen molar-refractivity contribution in [2.45, 2.75) is 6.36 Å². The molecule has 0 unspecified atom stereocenters. The monoisotopic (exact) mass is 255 g/mol. The minimum Gasteiger partial charge on any atom is -0.465 e. The number of nitrogens with zero attached hydrogens (tertiary/aromatic N) is 1. The van der Waals surface area contributed by atoms with E-state index in [-0.39, 0.29) is 5.56 Å². The van der Waals surface area contributed by atoms with Crippen molar-refractivity contribution in [2.75, 3.05) is 7.11 Å². The van der Waals surface area contributed by atoms with Crippen LogP contribution in [0.3, 0.4) is 0 Å². The van der Waals surface area contributed by atoms with E-state index in [1.165, 1.54) is 0 Å². The van der Waals surface area contributed by atoms with Gasteiger partial charge in [-0.25, -0.2) is 9.78 Å². The summed E-state index contributed by atoms with van der Waals surface area (Å²) in [5.41, 5.74) is -0.0676. The molecule has 88 valence electrons. The van der Waals surface area contributed by atoms with E-state index in [0.717, 1.165) is 19.4 Å². The van der Waals surface area contributed by atoms with Crippen molar-refractivity contribution in [1.29, 1.82) is 0 Å². The van der Waals surface area contributed by atoms with E-state index in [2.05, 4.69) is 14.5 Å². The third-order valence-corrected chi connectivity index (χ3v) is 1.71. The minimum absolute atomic E-state index is 0.0676. The molecule has 1 aromatic heterocycles. The van der Waals surface area contributed by atoms with Crippen molar-refractivity contribution < 1.29 is 27.4 Å². The molecule has 0 saturated heterocycles. The number of halogens is 4. The van der Waals surface area contributed by atoms with Crippen LogP contribution in [-0.4, -0.2) is 24.4 Å². The van der Waals surface area contributed by atoms with E-state index < -0.39 is 23.2 Å². The first-order valence-corrected chi connectivity index (χ1v) is 4.21. The fourth-order valence-electron chi connectivity index (χ4n) is 0.840. The Kier molecular flexibility index (Phi) is 3.58. The van der Waals surface area contributed by atoms with Crippen LogP contribution >= 0.6 is 11.6 Å². The summed E-state index contributed by atoms with van der Waals surface area (Å²) in [7, 11) is 1.12. The number of aromatic nitrogens is 1. The number of carbonyl (C=O) groups is 1. The van der Waals surface area contributed by atoms with Crippen molar-refractivity contribution in [3.8, 4) is 5.88 Å². The zero-order chi connectivity index (χ0) is 12.3. The molecule has 0 aliphatic carbocycles. The zero-order valence-corrected chi connectivity index (χ0v) is 8.59. The summed E-state index contributed by atoms with van der Waals surface area (Å²) in [6.07, 6.45) is -4.01. The molecule has 0 N–H and O–H groups in total. The standard InChI is InChI=1S/C8H5ClF3NO3/c1-15-7(14)4-2-5(9)6(13-3-4)16-8(10,11)12/h2-3H,1H3. The molecule has 0 aromatic carbocycles. The van der Waals surface area contributed by atoms with Crippen LogP contribution in [0, 0.1) is 0 Å². The third-order valence-electron chi connectivity index (χ3n) is 1.44. The first-order chi connectivity index (χ1) is 7.33. The molecule has 0 amide bonds. The summed E-state index contributed by atoms with van der Waals surface area (Å²) in [6.45, 7) is 0. The van der Waals surface area contributed by atoms with Crippen LogP contribution in [0.5, 0.6) is 5.88 Å². The molecule has 4 nitrogen and oxygen atoms in total. The largest absolute Gasteiger partial charge is 0.574 e. The molecular weight excluding hydrogens is 251 g/mol. The molecule has 0 aliphatic rings. The van der Waals surface area contributed by atoms with Gasteiger partial charge in [0.1, 0.15) is 5.02 Å².